The summed E-state index contributed by atoms with van der Waals surface area (Å²) >= 11 is 7.88. The lowest BCUT2D eigenvalue weighted by atomic mass is 10.0. The molecule has 0 aromatic heterocycles. The topological polar surface area (TPSA) is 29.1 Å². The van der Waals surface area contributed by atoms with E-state index in [-0.39, 0.29) is 11.9 Å². The predicted octanol–water partition coefficient (Wildman–Crippen LogP) is 4.18. The van der Waals surface area contributed by atoms with E-state index < -0.39 is 0 Å². The van der Waals surface area contributed by atoms with Crippen LogP contribution in [0.15, 0.2) is 23.1 Å². The van der Waals surface area contributed by atoms with Crippen molar-refractivity contribution in [1.29, 1.82) is 0 Å². The number of halogens is 1. The third-order valence-corrected chi connectivity index (χ3v) is 4.46. The molecule has 1 aliphatic heterocycles. The number of thioether (sulfide) groups is 1. The Morgan fingerprint density at radius 3 is 3.17 bits per heavy atom. The normalized spacial score (nSPS) is 18.2. The Labute approximate surface area is 117 Å². The fourth-order valence-corrected chi connectivity index (χ4v) is 3.41. The molecular formula is C14H18ClNOS. The summed E-state index contributed by atoms with van der Waals surface area (Å²) in [5.41, 5.74) is 1.17. The Morgan fingerprint density at radius 1 is 1.56 bits per heavy atom. The maximum absolute atomic E-state index is 11.8. The standard InChI is InChI=1S/C14H18ClNOS/c1-2-3-4-14(17)16-12-7-8-18-13-6-5-10(15)9-11(12)13/h5-6,9,12H,2-4,7-8H2,1H3,(H,16,17)/t12-/m1/s1. The van der Waals surface area contributed by atoms with Gasteiger partial charge in [-0.1, -0.05) is 24.9 Å². The number of carbonyl (C=O) groups is 1. The van der Waals surface area contributed by atoms with Gasteiger partial charge in [0.2, 0.25) is 5.91 Å². The number of hydrogen-bond acceptors (Lipinski definition) is 2. The van der Waals surface area contributed by atoms with Gasteiger partial charge < -0.3 is 5.32 Å². The van der Waals surface area contributed by atoms with E-state index in [0.29, 0.717) is 6.42 Å². The number of benzene rings is 1. The van der Waals surface area contributed by atoms with Crippen molar-refractivity contribution in [3.8, 4) is 0 Å². The van der Waals surface area contributed by atoms with Crippen LogP contribution in [0, 0.1) is 0 Å². The lowest BCUT2D eigenvalue weighted by Crippen LogP contribution is -2.30. The van der Waals surface area contributed by atoms with Gasteiger partial charge in [0.15, 0.2) is 0 Å². The molecule has 1 N–H and O–H groups in total. The van der Waals surface area contributed by atoms with Gasteiger partial charge in [-0.05, 0) is 36.6 Å². The van der Waals surface area contributed by atoms with Crippen molar-refractivity contribution < 1.29 is 4.79 Å². The average molecular weight is 284 g/mol. The van der Waals surface area contributed by atoms with E-state index in [1.54, 1.807) is 0 Å². The summed E-state index contributed by atoms with van der Waals surface area (Å²) in [6.07, 6.45) is 3.61. The van der Waals surface area contributed by atoms with Crippen molar-refractivity contribution in [2.45, 2.75) is 43.5 Å². The molecule has 0 spiro atoms. The van der Waals surface area contributed by atoms with Gasteiger partial charge in [-0.3, -0.25) is 4.79 Å². The van der Waals surface area contributed by atoms with Gasteiger partial charge in [0.05, 0.1) is 6.04 Å². The maximum atomic E-state index is 11.8. The number of hydrogen-bond donors (Lipinski definition) is 1. The number of amides is 1. The number of fused-ring (bicyclic) bond motifs is 1. The van der Waals surface area contributed by atoms with Crippen molar-refractivity contribution in [3.63, 3.8) is 0 Å². The van der Waals surface area contributed by atoms with Crippen LogP contribution >= 0.6 is 23.4 Å². The van der Waals surface area contributed by atoms with Gasteiger partial charge in [0, 0.05) is 22.1 Å². The van der Waals surface area contributed by atoms with Crippen molar-refractivity contribution in [2.24, 2.45) is 0 Å². The Balaban J connectivity index is 2.07. The quantitative estimate of drug-likeness (QED) is 0.898. The first-order chi connectivity index (χ1) is 8.70. The van der Waals surface area contributed by atoms with Crippen LogP contribution in [0.25, 0.3) is 0 Å². The summed E-state index contributed by atoms with van der Waals surface area (Å²) in [5.74, 6) is 1.20. The molecule has 0 aliphatic carbocycles. The van der Waals surface area contributed by atoms with Gasteiger partial charge in [-0.2, -0.15) is 0 Å². The molecule has 0 unspecified atom stereocenters. The van der Waals surface area contributed by atoms with E-state index in [9.17, 15) is 4.79 Å². The number of carbonyl (C=O) groups excluding carboxylic acids is 1. The Hall–Kier alpha value is -0.670. The van der Waals surface area contributed by atoms with Gasteiger partial charge in [-0.25, -0.2) is 0 Å². The highest BCUT2D eigenvalue weighted by Gasteiger charge is 2.22. The lowest BCUT2D eigenvalue weighted by Gasteiger charge is -2.26. The number of rotatable bonds is 4. The highest BCUT2D eigenvalue weighted by Crippen LogP contribution is 2.37. The zero-order valence-corrected chi connectivity index (χ0v) is 12.1. The van der Waals surface area contributed by atoms with Gasteiger partial charge in [0.25, 0.3) is 0 Å². The molecule has 2 nitrogen and oxygen atoms in total. The second-order valence-corrected chi connectivity index (χ2v) is 6.12. The molecule has 1 aliphatic rings. The summed E-state index contributed by atoms with van der Waals surface area (Å²) in [4.78, 5) is 13.1. The lowest BCUT2D eigenvalue weighted by molar-refractivity contribution is -0.122. The Kier molecular flexibility index (Phi) is 4.95. The minimum atomic E-state index is 0.129. The molecule has 4 heteroatoms. The van der Waals surface area contributed by atoms with Crippen LogP contribution in [-0.2, 0) is 4.79 Å². The fraction of sp³-hybridized carbons (Fsp3) is 0.500. The van der Waals surface area contributed by atoms with Crippen LogP contribution < -0.4 is 5.32 Å². The highest BCUT2D eigenvalue weighted by molar-refractivity contribution is 7.99. The minimum absolute atomic E-state index is 0.129. The number of nitrogens with one attached hydrogen (secondary N) is 1. The van der Waals surface area contributed by atoms with Crippen molar-refractivity contribution in [3.05, 3.63) is 28.8 Å². The molecule has 1 amide bonds. The van der Waals surface area contributed by atoms with E-state index in [1.807, 2.05) is 30.0 Å². The van der Waals surface area contributed by atoms with E-state index >= 15 is 0 Å². The molecule has 1 aromatic rings. The molecule has 0 bridgehead atoms. The molecule has 0 saturated carbocycles. The third-order valence-electron chi connectivity index (χ3n) is 3.10. The van der Waals surface area contributed by atoms with E-state index in [1.165, 1.54) is 10.5 Å². The highest BCUT2D eigenvalue weighted by atomic mass is 35.5. The van der Waals surface area contributed by atoms with Crippen LogP contribution in [0.4, 0.5) is 0 Å². The first-order valence-electron chi connectivity index (χ1n) is 6.42. The third kappa shape index (κ3) is 3.42. The Morgan fingerprint density at radius 2 is 2.39 bits per heavy atom. The largest absolute Gasteiger partial charge is 0.349 e. The molecule has 18 heavy (non-hydrogen) atoms. The van der Waals surface area contributed by atoms with Crippen LogP contribution in [-0.4, -0.2) is 11.7 Å². The van der Waals surface area contributed by atoms with Crippen LogP contribution in [0.1, 0.15) is 44.2 Å². The summed E-state index contributed by atoms with van der Waals surface area (Å²) < 4.78 is 0. The van der Waals surface area contributed by atoms with Crippen LogP contribution in [0.3, 0.4) is 0 Å². The smallest absolute Gasteiger partial charge is 0.220 e. The molecule has 0 fully saturated rings. The second kappa shape index (κ2) is 6.48. The predicted molar refractivity (Wildman–Crippen MR) is 77.2 cm³/mol. The summed E-state index contributed by atoms with van der Waals surface area (Å²) in [7, 11) is 0. The molecular weight excluding hydrogens is 266 g/mol. The zero-order valence-electron chi connectivity index (χ0n) is 10.5. The van der Waals surface area contributed by atoms with Gasteiger partial charge in [-0.15, -0.1) is 11.8 Å². The summed E-state index contributed by atoms with van der Waals surface area (Å²) in [5, 5.41) is 3.87. The summed E-state index contributed by atoms with van der Waals surface area (Å²) in [6, 6.07) is 6.07. The molecule has 2 rings (SSSR count). The molecule has 0 radical (unpaired) electrons. The fourth-order valence-electron chi connectivity index (χ4n) is 2.12. The zero-order chi connectivity index (χ0) is 13.0. The van der Waals surface area contributed by atoms with Gasteiger partial charge >= 0.3 is 0 Å². The SMILES string of the molecule is CCCCC(=O)N[C@@H]1CCSc2ccc(Cl)cc21. The maximum Gasteiger partial charge on any atom is 0.220 e. The molecule has 0 saturated heterocycles. The first-order valence-corrected chi connectivity index (χ1v) is 7.78. The first kappa shape index (κ1) is 13.8. The number of unbranched alkanes of at least 4 members (excludes halogenated alkanes) is 1. The van der Waals surface area contributed by atoms with Gasteiger partial charge in [0.1, 0.15) is 0 Å². The molecule has 1 aromatic carbocycles. The van der Waals surface area contributed by atoms with E-state index in [4.69, 9.17) is 11.6 Å². The van der Waals surface area contributed by atoms with Crippen molar-refractivity contribution in [2.75, 3.05) is 5.75 Å². The van der Waals surface area contributed by atoms with E-state index in [0.717, 1.165) is 30.0 Å². The molecule has 1 atom stereocenters. The summed E-state index contributed by atoms with van der Waals surface area (Å²) in [6.45, 7) is 2.10. The molecule has 98 valence electrons. The second-order valence-electron chi connectivity index (χ2n) is 4.54. The minimum Gasteiger partial charge on any atom is -0.349 e. The van der Waals surface area contributed by atoms with Crippen molar-refractivity contribution in [1.82, 2.24) is 5.32 Å². The van der Waals surface area contributed by atoms with Crippen LogP contribution in [0.2, 0.25) is 5.02 Å². The van der Waals surface area contributed by atoms with E-state index in [2.05, 4.69) is 12.2 Å². The Bertz CT molecular complexity index is 436. The van der Waals surface area contributed by atoms with Crippen LogP contribution in [0.5, 0.6) is 0 Å². The van der Waals surface area contributed by atoms with Crippen molar-refractivity contribution >= 4 is 29.3 Å². The molecule has 1 heterocycles. The average Bonchev–Trinajstić information content (AvgIpc) is 2.37. The monoisotopic (exact) mass is 283 g/mol.